The van der Waals surface area contributed by atoms with Crippen LogP contribution < -0.4 is 10.7 Å². The Balaban J connectivity index is 1.62. The van der Waals surface area contributed by atoms with Crippen LogP contribution in [0.15, 0.2) is 54.7 Å². The number of ether oxygens (including phenoxy) is 2. The highest BCUT2D eigenvalue weighted by molar-refractivity contribution is 5.96. The summed E-state index contributed by atoms with van der Waals surface area (Å²) in [6, 6.07) is 13.8. The molecule has 2 aromatic carbocycles. The molecule has 59 heavy (non-hydrogen) atoms. The van der Waals surface area contributed by atoms with E-state index in [4.69, 9.17) is 14.5 Å². The average Bonchev–Trinajstić information content (AvgIpc) is 3.50. The molecule has 1 fully saturated rings. The molecule has 1 aliphatic heterocycles. The summed E-state index contributed by atoms with van der Waals surface area (Å²) in [4.78, 5) is 57.9. The van der Waals surface area contributed by atoms with Crippen molar-refractivity contribution in [1.29, 1.82) is 0 Å². The second-order valence-electron chi connectivity index (χ2n) is 17.0. The number of hydrogen-bond donors (Lipinski definition) is 3. The Labute approximate surface area is 348 Å². The zero-order valence-corrected chi connectivity index (χ0v) is 36.3. The molecule has 1 aliphatic rings. The summed E-state index contributed by atoms with van der Waals surface area (Å²) in [5.74, 6) is -1.16. The first-order chi connectivity index (χ1) is 28.0. The number of nitrogens with one attached hydrogen (secondary N) is 2. The van der Waals surface area contributed by atoms with Crippen LogP contribution >= 0.6 is 0 Å². The molecule has 0 aliphatic carbocycles. The molecule has 0 saturated carbocycles. The smallest absolute Gasteiger partial charge is 0.293 e. The van der Waals surface area contributed by atoms with Crippen molar-refractivity contribution in [3.63, 3.8) is 0 Å². The fraction of sp³-hybridized carbons (Fsp3) is 0.500. The number of carbonyl (C=O) groups excluding carboxylic acids is 4. The number of hydrazine groups is 1. The molecule has 13 heteroatoms. The van der Waals surface area contributed by atoms with Gasteiger partial charge in [-0.3, -0.25) is 29.2 Å². The predicted molar refractivity (Wildman–Crippen MR) is 229 cm³/mol. The molecular formula is C46H62N6O7. The van der Waals surface area contributed by atoms with E-state index >= 15 is 0 Å². The third-order valence-electron chi connectivity index (χ3n) is 11.4. The lowest BCUT2D eigenvalue weighted by atomic mass is 9.84. The van der Waals surface area contributed by atoms with Gasteiger partial charge in [-0.15, -0.1) is 0 Å². The molecule has 3 heterocycles. The van der Waals surface area contributed by atoms with Crippen molar-refractivity contribution >= 4 is 35.1 Å². The number of pyridine rings is 1. The lowest BCUT2D eigenvalue weighted by Crippen LogP contribution is -2.60. The SMILES string of the molecule is CCn1c(-c2cccnc2[C@H](C)OC)c(CC(C)(C)COC=O)c2cc(-c3cc(O)cc(C[C@H](NC(=O)C(C(C)C)N(C)C(C)=O)C(=O)N4CCC[C@@H](C)N4)c3)ccc21. The summed E-state index contributed by atoms with van der Waals surface area (Å²) in [6.07, 6.45) is 3.92. The van der Waals surface area contributed by atoms with Gasteiger partial charge in [-0.25, -0.2) is 5.43 Å². The Kier molecular flexibility index (Phi) is 14.6. The van der Waals surface area contributed by atoms with Gasteiger partial charge in [-0.2, -0.15) is 0 Å². The minimum Gasteiger partial charge on any atom is -0.508 e. The summed E-state index contributed by atoms with van der Waals surface area (Å²) >= 11 is 0. The zero-order valence-electron chi connectivity index (χ0n) is 36.3. The number of amides is 3. The van der Waals surface area contributed by atoms with Crippen LogP contribution in [-0.4, -0.2) is 94.2 Å². The number of rotatable bonds is 17. The summed E-state index contributed by atoms with van der Waals surface area (Å²) in [7, 11) is 3.26. The van der Waals surface area contributed by atoms with Gasteiger partial charge in [0.2, 0.25) is 11.8 Å². The van der Waals surface area contributed by atoms with Gasteiger partial charge < -0.3 is 29.4 Å². The summed E-state index contributed by atoms with van der Waals surface area (Å²) in [5, 5.41) is 16.8. The van der Waals surface area contributed by atoms with Crippen LogP contribution in [0.25, 0.3) is 33.3 Å². The zero-order chi connectivity index (χ0) is 43.2. The first-order valence-corrected chi connectivity index (χ1v) is 20.6. The summed E-state index contributed by atoms with van der Waals surface area (Å²) in [6.45, 7) is 17.3. The monoisotopic (exact) mass is 810 g/mol. The van der Waals surface area contributed by atoms with Gasteiger partial charge in [0, 0.05) is 74.7 Å². The maximum atomic E-state index is 14.2. The van der Waals surface area contributed by atoms with E-state index < -0.39 is 23.4 Å². The van der Waals surface area contributed by atoms with Crippen LogP contribution in [0.4, 0.5) is 0 Å². The van der Waals surface area contributed by atoms with E-state index in [1.807, 2.05) is 45.9 Å². The topological polar surface area (TPSA) is 155 Å². The molecule has 3 amide bonds. The molecule has 2 aromatic heterocycles. The normalized spacial score (nSPS) is 16.1. The number of aromatic hydroxyl groups is 1. The van der Waals surface area contributed by atoms with Crippen LogP contribution in [-0.2, 0) is 48.0 Å². The lowest BCUT2D eigenvalue weighted by Gasteiger charge is -2.36. The molecule has 5 rings (SSSR count). The second kappa shape index (κ2) is 19.2. The highest BCUT2D eigenvalue weighted by atomic mass is 16.5. The Morgan fingerprint density at radius 3 is 2.51 bits per heavy atom. The highest BCUT2D eigenvalue weighted by Gasteiger charge is 2.35. The molecule has 1 saturated heterocycles. The number of nitrogens with zero attached hydrogens (tertiary/aromatic N) is 4. The van der Waals surface area contributed by atoms with Crippen LogP contribution in [0, 0.1) is 11.3 Å². The van der Waals surface area contributed by atoms with Gasteiger partial charge in [-0.1, -0.05) is 39.8 Å². The fourth-order valence-corrected chi connectivity index (χ4v) is 8.35. The Bertz CT molecular complexity index is 2150. The van der Waals surface area contributed by atoms with Crippen molar-refractivity contribution in [1.82, 2.24) is 30.2 Å². The molecule has 0 spiro atoms. The third-order valence-corrected chi connectivity index (χ3v) is 11.4. The number of carbonyl (C=O) groups is 4. The maximum absolute atomic E-state index is 14.2. The van der Waals surface area contributed by atoms with E-state index in [1.54, 1.807) is 37.5 Å². The molecule has 4 atom stereocenters. The van der Waals surface area contributed by atoms with Crippen molar-refractivity contribution in [3.8, 4) is 28.1 Å². The largest absolute Gasteiger partial charge is 0.508 e. The number of methoxy groups -OCH3 is 1. The maximum Gasteiger partial charge on any atom is 0.293 e. The van der Waals surface area contributed by atoms with Gasteiger partial charge in [0.15, 0.2) is 0 Å². The van der Waals surface area contributed by atoms with E-state index in [0.717, 1.165) is 57.4 Å². The number of benzene rings is 2. The van der Waals surface area contributed by atoms with Crippen LogP contribution in [0.2, 0.25) is 0 Å². The summed E-state index contributed by atoms with van der Waals surface area (Å²) in [5.41, 5.74) is 9.92. The second-order valence-corrected chi connectivity index (χ2v) is 17.0. The van der Waals surface area contributed by atoms with Crippen LogP contribution in [0.5, 0.6) is 5.75 Å². The molecule has 3 N–H and O–H groups in total. The number of phenols is 1. The molecule has 1 unspecified atom stereocenters. The van der Waals surface area contributed by atoms with Gasteiger partial charge in [0.25, 0.3) is 12.4 Å². The van der Waals surface area contributed by atoms with Crippen molar-refractivity contribution in [2.24, 2.45) is 11.3 Å². The standard InChI is InChI=1S/C46H62N6O7/c1-11-51-40-17-16-33(24-37(40)38(25-46(7,8)26-59-27-53)43(51)36-15-12-18-47-41(36)30(5)58-10)34-20-32(21-35(55)23-34)22-39(45(57)52-19-13-14-29(4)49-52)48-44(56)42(28(2)3)50(9)31(6)54/h12,15-18,20-21,23-24,27-30,39,42,49,55H,11,13-14,19,22,25-26H2,1-10H3,(H,48,56)/t29-,30+,39+,42?/m1/s1. The first kappa shape index (κ1) is 44.8. The molecule has 13 nitrogen and oxygen atoms in total. The first-order valence-electron chi connectivity index (χ1n) is 20.6. The van der Waals surface area contributed by atoms with E-state index in [0.29, 0.717) is 31.5 Å². The minimum atomic E-state index is -0.981. The van der Waals surface area contributed by atoms with E-state index in [-0.39, 0.29) is 48.7 Å². The van der Waals surface area contributed by atoms with Crippen LogP contribution in [0.3, 0.4) is 0 Å². The number of phenolic OH excluding ortho intramolecular Hbond substituents is 1. The van der Waals surface area contributed by atoms with E-state index in [9.17, 15) is 24.3 Å². The van der Waals surface area contributed by atoms with E-state index in [2.05, 4.69) is 54.3 Å². The fourth-order valence-electron chi connectivity index (χ4n) is 8.35. The summed E-state index contributed by atoms with van der Waals surface area (Å²) < 4.78 is 13.3. The minimum absolute atomic E-state index is 0.0175. The van der Waals surface area contributed by atoms with Gasteiger partial charge in [0.05, 0.1) is 24.1 Å². The predicted octanol–water partition coefficient (Wildman–Crippen LogP) is 6.59. The van der Waals surface area contributed by atoms with Gasteiger partial charge in [0.1, 0.15) is 17.8 Å². The van der Waals surface area contributed by atoms with Crippen molar-refractivity contribution in [2.45, 2.75) is 112 Å². The average molecular weight is 811 g/mol. The number of fused-ring (bicyclic) bond motifs is 1. The quantitative estimate of drug-likeness (QED) is 0.100. The number of aromatic nitrogens is 2. The number of aryl methyl sites for hydroxylation is 1. The van der Waals surface area contributed by atoms with Gasteiger partial charge >= 0.3 is 0 Å². The van der Waals surface area contributed by atoms with Crippen molar-refractivity contribution in [2.75, 3.05) is 27.3 Å². The van der Waals surface area contributed by atoms with Crippen LogP contribution in [0.1, 0.15) is 91.2 Å². The molecule has 0 radical (unpaired) electrons. The Hall–Kier alpha value is -5.27. The molecule has 4 aromatic rings. The van der Waals surface area contributed by atoms with Crippen molar-refractivity contribution in [3.05, 3.63) is 71.5 Å². The molecule has 0 bridgehead atoms. The number of likely N-dealkylation sites (N-methyl/N-ethyl adjacent to an activating group) is 1. The highest BCUT2D eigenvalue weighted by Crippen LogP contribution is 2.42. The third kappa shape index (κ3) is 10.3. The molecular weight excluding hydrogens is 749 g/mol. The van der Waals surface area contributed by atoms with Gasteiger partial charge in [-0.05, 0) is 105 Å². The Morgan fingerprint density at radius 2 is 1.86 bits per heavy atom. The van der Waals surface area contributed by atoms with E-state index in [1.165, 1.54) is 11.8 Å². The lowest BCUT2D eigenvalue weighted by molar-refractivity contribution is -0.144. The number of hydrogen-bond acceptors (Lipinski definition) is 9. The Morgan fingerprint density at radius 1 is 1.12 bits per heavy atom. The van der Waals surface area contributed by atoms with Crippen molar-refractivity contribution < 1.29 is 33.8 Å². The molecule has 318 valence electrons.